The van der Waals surface area contributed by atoms with E-state index in [4.69, 9.17) is 0 Å². The maximum Gasteiger partial charge on any atom is 0.0951 e. The maximum absolute atomic E-state index is 11.1. The molecule has 0 unspecified atom stereocenters. The van der Waals surface area contributed by atoms with Crippen molar-refractivity contribution in [2.75, 3.05) is 13.6 Å². The molecule has 1 saturated heterocycles. The first-order valence-electron chi connectivity index (χ1n) is 6.70. The molecule has 1 heterocycles. The van der Waals surface area contributed by atoms with Gasteiger partial charge in [-0.05, 0) is 31.9 Å². The molecule has 2 fully saturated rings. The van der Waals surface area contributed by atoms with Crippen molar-refractivity contribution in [2.24, 2.45) is 5.92 Å². The molecule has 2 nitrogen and oxygen atoms in total. The van der Waals surface area contributed by atoms with Gasteiger partial charge in [-0.2, -0.15) is 0 Å². The Morgan fingerprint density at radius 2 is 2.00 bits per heavy atom. The van der Waals surface area contributed by atoms with E-state index in [0.717, 1.165) is 18.5 Å². The number of hydrogen-bond acceptors (Lipinski definition) is 2. The lowest BCUT2D eigenvalue weighted by atomic mass is 9.73. The summed E-state index contributed by atoms with van der Waals surface area (Å²) in [6.45, 7) is 1.01. The lowest BCUT2D eigenvalue weighted by molar-refractivity contribution is -0.0901. The zero-order chi connectivity index (χ0) is 11.9. The third kappa shape index (κ3) is 1.71. The second kappa shape index (κ2) is 4.11. The Balaban J connectivity index is 1.97. The van der Waals surface area contributed by atoms with Gasteiger partial charge in [0.2, 0.25) is 0 Å². The van der Waals surface area contributed by atoms with Crippen molar-refractivity contribution >= 4 is 0 Å². The van der Waals surface area contributed by atoms with Crippen molar-refractivity contribution in [2.45, 2.75) is 37.3 Å². The summed E-state index contributed by atoms with van der Waals surface area (Å²) >= 11 is 0. The highest BCUT2D eigenvalue weighted by Crippen LogP contribution is 2.47. The van der Waals surface area contributed by atoms with Crippen LogP contribution in [0.3, 0.4) is 0 Å². The number of nitrogens with zero attached hydrogens (tertiary/aromatic N) is 1. The number of rotatable bonds is 1. The quantitative estimate of drug-likeness (QED) is 0.802. The second-order valence-electron chi connectivity index (χ2n) is 5.63. The Kier molecular flexibility index (Phi) is 2.72. The third-order valence-electron chi connectivity index (χ3n) is 4.78. The van der Waals surface area contributed by atoms with E-state index in [-0.39, 0.29) is 0 Å². The van der Waals surface area contributed by atoms with Gasteiger partial charge in [0, 0.05) is 18.5 Å². The Morgan fingerprint density at radius 1 is 1.24 bits per heavy atom. The molecule has 1 aliphatic carbocycles. The van der Waals surface area contributed by atoms with Crippen molar-refractivity contribution < 1.29 is 5.11 Å². The number of piperidine rings is 1. The Morgan fingerprint density at radius 3 is 2.76 bits per heavy atom. The molecule has 1 aliphatic heterocycles. The third-order valence-corrected chi connectivity index (χ3v) is 4.78. The van der Waals surface area contributed by atoms with Gasteiger partial charge in [-0.15, -0.1) is 0 Å². The van der Waals surface area contributed by atoms with Crippen LogP contribution in [-0.2, 0) is 5.60 Å². The van der Waals surface area contributed by atoms with E-state index >= 15 is 0 Å². The van der Waals surface area contributed by atoms with Gasteiger partial charge in [0.15, 0.2) is 0 Å². The van der Waals surface area contributed by atoms with Crippen molar-refractivity contribution in [1.29, 1.82) is 0 Å². The van der Waals surface area contributed by atoms with Gasteiger partial charge >= 0.3 is 0 Å². The largest absolute Gasteiger partial charge is 0.385 e. The molecule has 3 rings (SSSR count). The molecule has 92 valence electrons. The van der Waals surface area contributed by atoms with Crippen LogP contribution in [0.4, 0.5) is 0 Å². The topological polar surface area (TPSA) is 23.5 Å². The molecular formula is C15H21NO. The van der Waals surface area contributed by atoms with Gasteiger partial charge in [-0.25, -0.2) is 0 Å². The summed E-state index contributed by atoms with van der Waals surface area (Å²) in [7, 11) is 2.20. The van der Waals surface area contributed by atoms with E-state index in [1.165, 1.54) is 19.3 Å². The zero-order valence-electron chi connectivity index (χ0n) is 10.5. The normalized spacial score (nSPS) is 38.0. The van der Waals surface area contributed by atoms with Crippen LogP contribution < -0.4 is 0 Å². The maximum atomic E-state index is 11.1. The molecule has 2 aliphatic rings. The van der Waals surface area contributed by atoms with Crippen LogP contribution in [0.5, 0.6) is 0 Å². The predicted octanol–water partition coefficient (Wildman–Crippen LogP) is 2.38. The molecule has 2 heteroatoms. The first kappa shape index (κ1) is 11.2. The molecule has 0 amide bonds. The fourth-order valence-corrected chi connectivity index (χ4v) is 3.81. The van der Waals surface area contributed by atoms with Gasteiger partial charge in [-0.1, -0.05) is 36.8 Å². The molecule has 0 radical (unpaired) electrons. The summed E-state index contributed by atoms with van der Waals surface area (Å²) in [5.41, 5.74) is 0.527. The summed E-state index contributed by atoms with van der Waals surface area (Å²) in [4.78, 5) is 2.44. The summed E-state index contributed by atoms with van der Waals surface area (Å²) in [6, 6.07) is 10.8. The van der Waals surface area contributed by atoms with Crippen molar-refractivity contribution in [3.63, 3.8) is 0 Å². The van der Waals surface area contributed by atoms with Crippen LogP contribution in [0.15, 0.2) is 30.3 Å². The van der Waals surface area contributed by atoms with E-state index < -0.39 is 5.60 Å². The highest BCUT2D eigenvalue weighted by Gasteiger charge is 2.49. The number of fused-ring (bicyclic) bond motifs is 1. The molecule has 1 aromatic rings. The van der Waals surface area contributed by atoms with Crippen molar-refractivity contribution in [3.05, 3.63) is 35.9 Å². The van der Waals surface area contributed by atoms with Gasteiger partial charge in [0.1, 0.15) is 0 Å². The fourth-order valence-electron chi connectivity index (χ4n) is 3.81. The summed E-state index contributed by atoms with van der Waals surface area (Å²) < 4.78 is 0. The predicted molar refractivity (Wildman–Crippen MR) is 68.7 cm³/mol. The average molecular weight is 231 g/mol. The first-order valence-corrected chi connectivity index (χ1v) is 6.70. The summed E-state index contributed by atoms with van der Waals surface area (Å²) in [6.07, 6.45) is 4.54. The second-order valence-corrected chi connectivity index (χ2v) is 5.63. The molecular weight excluding hydrogens is 210 g/mol. The minimum atomic E-state index is -0.588. The fraction of sp³-hybridized carbons (Fsp3) is 0.600. The van der Waals surface area contributed by atoms with E-state index in [1.54, 1.807) is 0 Å². The highest BCUT2D eigenvalue weighted by molar-refractivity contribution is 5.25. The average Bonchev–Trinajstić information content (AvgIpc) is 2.86. The monoisotopic (exact) mass is 231 g/mol. The van der Waals surface area contributed by atoms with Gasteiger partial charge in [0.05, 0.1) is 5.60 Å². The number of benzene rings is 1. The number of hydrogen-bond donors (Lipinski definition) is 1. The lowest BCUT2D eigenvalue weighted by Gasteiger charge is -2.46. The molecule has 1 N–H and O–H groups in total. The van der Waals surface area contributed by atoms with Gasteiger partial charge < -0.3 is 10.0 Å². The van der Waals surface area contributed by atoms with E-state index in [2.05, 4.69) is 24.1 Å². The lowest BCUT2D eigenvalue weighted by Crippen LogP contribution is -2.52. The van der Waals surface area contributed by atoms with Crippen LogP contribution in [-0.4, -0.2) is 29.6 Å². The number of likely N-dealkylation sites (tertiary alicyclic amines) is 1. The number of aliphatic hydroxyl groups is 1. The van der Waals surface area contributed by atoms with E-state index in [0.29, 0.717) is 12.0 Å². The van der Waals surface area contributed by atoms with Crippen LogP contribution in [0.2, 0.25) is 0 Å². The SMILES string of the molecule is CN1CC[C@](O)(c2ccccc2)[C@H]2CCC[C@@H]21. The molecule has 3 atom stereocenters. The molecule has 1 saturated carbocycles. The molecule has 0 spiro atoms. The summed E-state index contributed by atoms with van der Waals surface area (Å²) in [5.74, 6) is 0.420. The summed E-state index contributed by atoms with van der Waals surface area (Å²) in [5, 5.41) is 11.1. The standard InChI is InChI=1S/C15H21NO/c1-16-11-10-15(17,12-6-3-2-4-7-12)13-8-5-9-14(13)16/h2-4,6-7,13-14,17H,5,8-11H2,1H3/t13-,14-,15-/m0/s1. The first-order chi connectivity index (χ1) is 8.22. The smallest absolute Gasteiger partial charge is 0.0951 e. The minimum absolute atomic E-state index is 0.420. The van der Waals surface area contributed by atoms with Crippen molar-refractivity contribution in [1.82, 2.24) is 4.90 Å². The van der Waals surface area contributed by atoms with Crippen LogP contribution >= 0.6 is 0 Å². The van der Waals surface area contributed by atoms with Crippen molar-refractivity contribution in [3.8, 4) is 0 Å². The van der Waals surface area contributed by atoms with Gasteiger partial charge in [0.25, 0.3) is 0 Å². The van der Waals surface area contributed by atoms with E-state index in [1.807, 2.05) is 18.2 Å². The Hall–Kier alpha value is -0.860. The van der Waals surface area contributed by atoms with Crippen LogP contribution in [0.25, 0.3) is 0 Å². The highest BCUT2D eigenvalue weighted by atomic mass is 16.3. The van der Waals surface area contributed by atoms with E-state index in [9.17, 15) is 5.11 Å². The van der Waals surface area contributed by atoms with Crippen LogP contribution in [0, 0.1) is 5.92 Å². The molecule has 0 bridgehead atoms. The molecule has 1 aromatic carbocycles. The minimum Gasteiger partial charge on any atom is -0.385 e. The molecule has 17 heavy (non-hydrogen) atoms. The Bertz CT molecular complexity index is 391. The van der Waals surface area contributed by atoms with Gasteiger partial charge in [-0.3, -0.25) is 0 Å². The van der Waals surface area contributed by atoms with Crippen LogP contribution in [0.1, 0.15) is 31.2 Å². The zero-order valence-corrected chi connectivity index (χ0v) is 10.5. The Labute approximate surface area is 103 Å². The molecule has 0 aromatic heterocycles.